The van der Waals surface area contributed by atoms with Crippen molar-refractivity contribution in [2.24, 2.45) is 7.05 Å². The predicted octanol–water partition coefficient (Wildman–Crippen LogP) is 2.70. The lowest BCUT2D eigenvalue weighted by Gasteiger charge is -2.31. The second-order valence-corrected chi connectivity index (χ2v) is 7.16. The number of morpholine rings is 1. The molecule has 142 valence electrons. The number of hydrogen-bond acceptors (Lipinski definition) is 5. The Morgan fingerprint density at radius 2 is 2.04 bits per heavy atom. The van der Waals surface area contributed by atoms with Gasteiger partial charge < -0.3 is 4.74 Å². The molecular weight excluding hydrogens is 352 g/mol. The maximum Gasteiger partial charge on any atom is 0.137 e. The molecule has 5 heterocycles. The molecule has 28 heavy (non-hydrogen) atoms. The number of ether oxygens (including phenoxy) is 1. The second kappa shape index (κ2) is 7.18. The Bertz CT molecular complexity index is 1090. The van der Waals surface area contributed by atoms with E-state index >= 15 is 0 Å². The minimum absolute atomic E-state index is 0.0318. The van der Waals surface area contributed by atoms with Crippen LogP contribution in [0.5, 0.6) is 0 Å². The fourth-order valence-corrected chi connectivity index (χ4v) is 3.78. The third-order valence-electron chi connectivity index (χ3n) is 5.13. The van der Waals surface area contributed by atoms with Gasteiger partial charge in [0.05, 0.1) is 24.2 Å². The topological polar surface area (TPSA) is 60.5 Å². The van der Waals surface area contributed by atoms with Crippen molar-refractivity contribution >= 4 is 5.65 Å². The Kier molecular flexibility index (Phi) is 4.38. The lowest BCUT2D eigenvalue weighted by Crippen LogP contribution is -2.37. The number of nitrogens with zero attached hydrogens (tertiary/aromatic N) is 6. The number of imidazole rings is 1. The van der Waals surface area contributed by atoms with Gasteiger partial charge in [-0.2, -0.15) is 5.10 Å². The number of pyridine rings is 2. The zero-order chi connectivity index (χ0) is 18.9. The van der Waals surface area contributed by atoms with E-state index in [2.05, 4.69) is 37.8 Å². The smallest absolute Gasteiger partial charge is 0.137 e. The molecule has 0 spiro atoms. The summed E-state index contributed by atoms with van der Waals surface area (Å²) in [6.07, 6.45) is 9.69. The highest BCUT2D eigenvalue weighted by molar-refractivity contribution is 5.63. The Balaban J connectivity index is 1.41. The molecule has 4 aromatic rings. The van der Waals surface area contributed by atoms with Crippen molar-refractivity contribution in [1.82, 2.24) is 29.0 Å². The van der Waals surface area contributed by atoms with Crippen molar-refractivity contribution < 1.29 is 4.74 Å². The highest BCUT2D eigenvalue weighted by Crippen LogP contribution is 2.26. The first-order valence-corrected chi connectivity index (χ1v) is 9.46. The lowest BCUT2D eigenvalue weighted by atomic mass is 10.2. The number of hydrogen-bond donors (Lipinski definition) is 0. The zero-order valence-electron chi connectivity index (χ0n) is 15.8. The van der Waals surface area contributed by atoms with Crippen LogP contribution in [0.3, 0.4) is 0 Å². The summed E-state index contributed by atoms with van der Waals surface area (Å²) in [7, 11) is 1.95. The number of rotatable bonds is 4. The summed E-state index contributed by atoms with van der Waals surface area (Å²) >= 11 is 0. The van der Waals surface area contributed by atoms with E-state index in [9.17, 15) is 0 Å². The molecule has 0 radical (unpaired) electrons. The van der Waals surface area contributed by atoms with Crippen molar-refractivity contribution in [2.45, 2.75) is 12.6 Å². The van der Waals surface area contributed by atoms with Crippen LogP contribution in [0.25, 0.3) is 16.9 Å². The predicted molar refractivity (Wildman–Crippen MR) is 106 cm³/mol. The number of fused-ring (bicyclic) bond motifs is 1. The van der Waals surface area contributed by atoms with Crippen LogP contribution in [0.1, 0.15) is 17.4 Å². The van der Waals surface area contributed by atoms with Crippen LogP contribution >= 0.6 is 0 Å². The molecule has 1 fully saturated rings. The molecule has 1 atom stereocenters. The molecule has 1 unspecified atom stereocenters. The Morgan fingerprint density at radius 1 is 1.14 bits per heavy atom. The average Bonchev–Trinajstić information content (AvgIpc) is 3.34. The maximum atomic E-state index is 6.06. The molecule has 0 aromatic carbocycles. The van der Waals surface area contributed by atoms with Crippen LogP contribution in [0.15, 0.2) is 61.3 Å². The highest BCUT2D eigenvalue weighted by atomic mass is 16.5. The van der Waals surface area contributed by atoms with E-state index in [1.807, 2.05) is 54.6 Å². The summed E-state index contributed by atoms with van der Waals surface area (Å²) in [5.74, 6) is 0. The zero-order valence-corrected chi connectivity index (χ0v) is 15.8. The van der Waals surface area contributed by atoms with Gasteiger partial charge in [0.15, 0.2) is 0 Å². The van der Waals surface area contributed by atoms with E-state index in [4.69, 9.17) is 9.72 Å². The summed E-state index contributed by atoms with van der Waals surface area (Å²) in [5.41, 5.74) is 5.34. The lowest BCUT2D eigenvalue weighted by molar-refractivity contribution is -0.0347. The van der Waals surface area contributed by atoms with Gasteiger partial charge in [-0.25, -0.2) is 4.98 Å². The van der Waals surface area contributed by atoms with Crippen LogP contribution < -0.4 is 0 Å². The van der Waals surface area contributed by atoms with Crippen LogP contribution in [-0.2, 0) is 18.3 Å². The highest BCUT2D eigenvalue weighted by Gasteiger charge is 2.25. The van der Waals surface area contributed by atoms with E-state index in [1.54, 1.807) is 0 Å². The van der Waals surface area contributed by atoms with E-state index in [0.717, 1.165) is 42.2 Å². The normalized spacial score (nSPS) is 18.0. The molecule has 0 amide bonds. The minimum Gasteiger partial charge on any atom is -0.369 e. The van der Waals surface area contributed by atoms with Gasteiger partial charge in [-0.05, 0) is 24.3 Å². The summed E-state index contributed by atoms with van der Waals surface area (Å²) in [6, 6.07) is 10.2. The summed E-state index contributed by atoms with van der Waals surface area (Å²) in [5, 5.41) is 4.27. The van der Waals surface area contributed by atoms with Crippen LogP contribution in [0, 0.1) is 0 Å². The molecule has 7 heteroatoms. The first-order chi connectivity index (χ1) is 13.8. The fourth-order valence-electron chi connectivity index (χ4n) is 3.78. The minimum atomic E-state index is -0.0318. The van der Waals surface area contributed by atoms with Crippen molar-refractivity contribution in [3.05, 3.63) is 72.6 Å². The van der Waals surface area contributed by atoms with E-state index in [-0.39, 0.29) is 6.10 Å². The average molecular weight is 374 g/mol. The quantitative estimate of drug-likeness (QED) is 0.550. The number of aryl methyl sites for hydroxylation is 1. The van der Waals surface area contributed by atoms with Gasteiger partial charge in [0.2, 0.25) is 0 Å². The van der Waals surface area contributed by atoms with Gasteiger partial charge in [-0.1, -0.05) is 6.07 Å². The molecular formula is C21H22N6O. The van der Waals surface area contributed by atoms with Gasteiger partial charge in [-0.15, -0.1) is 0 Å². The monoisotopic (exact) mass is 374 g/mol. The fraction of sp³-hybridized carbons (Fsp3) is 0.286. The van der Waals surface area contributed by atoms with E-state index in [0.29, 0.717) is 6.61 Å². The Morgan fingerprint density at radius 3 is 2.86 bits per heavy atom. The summed E-state index contributed by atoms with van der Waals surface area (Å²) < 4.78 is 10.0. The van der Waals surface area contributed by atoms with Crippen LogP contribution in [0.4, 0.5) is 0 Å². The maximum absolute atomic E-state index is 6.06. The van der Waals surface area contributed by atoms with Gasteiger partial charge in [0, 0.05) is 62.6 Å². The third kappa shape index (κ3) is 3.30. The Hall–Kier alpha value is -3.03. The summed E-state index contributed by atoms with van der Waals surface area (Å²) in [6.45, 7) is 3.32. The van der Waals surface area contributed by atoms with Crippen molar-refractivity contribution in [3.8, 4) is 11.3 Å². The first-order valence-electron chi connectivity index (χ1n) is 9.46. The molecule has 7 nitrogen and oxygen atoms in total. The molecule has 1 aliphatic rings. The van der Waals surface area contributed by atoms with Crippen molar-refractivity contribution in [1.29, 1.82) is 0 Å². The van der Waals surface area contributed by atoms with Gasteiger partial charge in [0.1, 0.15) is 11.8 Å². The standard InChI is InChI=1S/C21H22N6O/c1-25-12-16(11-23-25)13-26-9-10-28-20(15-26)18-14-27-19(3-2-4-21(27)24-18)17-5-7-22-8-6-17/h2-8,11-12,14,20H,9-10,13,15H2,1H3. The molecule has 1 saturated heterocycles. The SMILES string of the molecule is Cn1cc(CN2CCOC(c3cn4c(-c5ccncc5)cccc4n3)C2)cn1. The van der Waals surface area contributed by atoms with E-state index < -0.39 is 0 Å². The molecule has 0 saturated carbocycles. The Labute approximate surface area is 163 Å². The molecule has 0 N–H and O–H groups in total. The molecule has 0 aliphatic carbocycles. The van der Waals surface area contributed by atoms with Crippen molar-refractivity contribution in [2.75, 3.05) is 19.7 Å². The molecule has 1 aliphatic heterocycles. The largest absolute Gasteiger partial charge is 0.369 e. The molecule has 0 bridgehead atoms. The van der Waals surface area contributed by atoms with Gasteiger partial charge >= 0.3 is 0 Å². The van der Waals surface area contributed by atoms with Crippen LogP contribution in [0.2, 0.25) is 0 Å². The third-order valence-corrected chi connectivity index (χ3v) is 5.13. The number of aromatic nitrogens is 5. The molecule has 5 rings (SSSR count). The van der Waals surface area contributed by atoms with Gasteiger partial charge in [-0.3, -0.25) is 19.0 Å². The van der Waals surface area contributed by atoms with Gasteiger partial charge in [0.25, 0.3) is 0 Å². The second-order valence-electron chi connectivity index (χ2n) is 7.16. The van der Waals surface area contributed by atoms with Crippen molar-refractivity contribution in [3.63, 3.8) is 0 Å². The molecule has 4 aromatic heterocycles. The van der Waals surface area contributed by atoms with E-state index in [1.165, 1.54) is 5.56 Å². The summed E-state index contributed by atoms with van der Waals surface area (Å²) in [4.78, 5) is 11.4. The first kappa shape index (κ1) is 17.1. The van der Waals surface area contributed by atoms with Crippen LogP contribution in [-0.4, -0.2) is 48.7 Å².